The molecule has 1 N–H and O–H groups in total. The molecule has 0 aromatic carbocycles. The Kier molecular flexibility index (Phi) is 3.55. The minimum Gasteiger partial charge on any atom is -0.370 e. The lowest BCUT2D eigenvalue weighted by atomic mass is 9.85. The van der Waals surface area contributed by atoms with Gasteiger partial charge in [-0.2, -0.15) is 19.6 Å². The van der Waals surface area contributed by atoms with E-state index in [2.05, 4.69) is 27.3 Å². The molecule has 0 unspecified atom stereocenters. The molecule has 0 spiro atoms. The van der Waals surface area contributed by atoms with E-state index in [1.807, 2.05) is 0 Å². The highest BCUT2D eigenvalue weighted by molar-refractivity contribution is 6.30. The van der Waals surface area contributed by atoms with Gasteiger partial charge in [0.05, 0.1) is 0 Å². The Morgan fingerprint density at radius 1 is 1.37 bits per heavy atom. The number of fused-ring (bicyclic) bond motifs is 1. The fourth-order valence-electron chi connectivity index (χ4n) is 2.92. The Morgan fingerprint density at radius 2 is 2.16 bits per heavy atom. The van der Waals surface area contributed by atoms with Crippen molar-refractivity contribution in [2.45, 2.75) is 44.9 Å². The lowest BCUT2D eigenvalue weighted by Crippen LogP contribution is -2.14. The number of aromatic nitrogens is 4. The van der Waals surface area contributed by atoms with Gasteiger partial charge in [-0.15, -0.1) is 0 Å². The van der Waals surface area contributed by atoms with E-state index in [-0.39, 0.29) is 0 Å². The summed E-state index contributed by atoms with van der Waals surface area (Å²) in [5.74, 6) is 2.00. The van der Waals surface area contributed by atoms with Crippen molar-refractivity contribution in [1.29, 1.82) is 0 Å². The van der Waals surface area contributed by atoms with Crippen LogP contribution < -0.4 is 5.32 Å². The molecule has 0 aliphatic heterocycles. The predicted molar refractivity (Wildman–Crippen MR) is 75.8 cm³/mol. The molecule has 19 heavy (non-hydrogen) atoms. The zero-order valence-electron chi connectivity index (χ0n) is 11.1. The molecule has 6 heteroatoms. The van der Waals surface area contributed by atoms with E-state index >= 15 is 0 Å². The average molecular weight is 280 g/mol. The van der Waals surface area contributed by atoms with E-state index in [1.165, 1.54) is 38.4 Å². The van der Waals surface area contributed by atoms with Crippen LogP contribution in [0.15, 0.2) is 6.33 Å². The maximum atomic E-state index is 6.40. The fourth-order valence-corrected chi connectivity index (χ4v) is 3.24. The Balaban J connectivity index is 2.14. The van der Waals surface area contributed by atoms with Crippen LogP contribution in [-0.4, -0.2) is 26.1 Å². The minimum absolute atomic E-state index is 0.483. The summed E-state index contributed by atoms with van der Waals surface area (Å²) in [6, 6.07) is 0. The minimum atomic E-state index is 0.483. The molecular weight excluding hydrogens is 262 g/mol. The molecule has 2 aromatic rings. The summed E-state index contributed by atoms with van der Waals surface area (Å²) in [4.78, 5) is 8.49. The van der Waals surface area contributed by atoms with Gasteiger partial charge < -0.3 is 5.32 Å². The normalized spacial score (nSPS) is 16.9. The van der Waals surface area contributed by atoms with E-state index < -0.39 is 0 Å². The highest BCUT2D eigenvalue weighted by Crippen LogP contribution is 2.39. The number of hydrogen-bond donors (Lipinski definition) is 1. The van der Waals surface area contributed by atoms with E-state index in [0.29, 0.717) is 16.8 Å². The van der Waals surface area contributed by atoms with Crippen molar-refractivity contribution >= 4 is 23.2 Å². The summed E-state index contributed by atoms with van der Waals surface area (Å²) in [6.07, 6.45) is 7.73. The smallest absolute Gasteiger partial charge is 0.255 e. The fraction of sp³-hybridized carbons (Fsp3) is 0.615. The van der Waals surface area contributed by atoms with Crippen LogP contribution in [0, 0.1) is 0 Å². The van der Waals surface area contributed by atoms with Gasteiger partial charge in [0.15, 0.2) is 0 Å². The summed E-state index contributed by atoms with van der Waals surface area (Å²) < 4.78 is 1.76. The lowest BCUT2D eigenvalue weighted by molar-refractivity contribution is 0.442. The molecule has 0 bridgehead atoms. The maximum Gasteiger partial charge on any atom is 0.255 e. The third kappa shape index (κ3) is 2.27. The monoisotopic (exact) mass is 279 g/mol. The summed E-state index contributed by atoms with van der Waals surface area (Å²) in [5.41, 5.74) is 1.11. The van der Waals surface area contributed by atoms with Gasteiger partial charge >= 0.3 is 0 Å². The molecule has 1 aliphatic carbocycles. The molecular formula is C13H18ClN5. The second kappa shape index (κ2) is 5.33. The lowest BCUT2D eigenvalue weighted by Gasteiger charge is -2.25. The van der Waals surface area contributed by atoms with Crippen molar-refractivity contribution in [2.24, 2.45) is 0 Å². The summed E-state index contributed by atoms with van der Waals surface area (Å²) in [7, 11) is 0. The molecule has 0 amide bonds. The second-order valence-corrected chi connectivity index (χ2v) is 5.36. The standard InChI is InChI=1S/C13H18ClN5/c1-2-15-12-10(9-6-4-3-5-7-9)11(14)18-13-16-8-17-19(12)13/h8-9,15H,2-7H2,1H3. The van der Waals surface area contributed by atoms with Gasteiger partial charge in [0.1, 0.15) is 17.3 Å². The Morgan fingerprint density at radius 3 is 2.89 bits per heavy atom. The van der Waals surface area contributed by atoms with Crippen LogP contribution in [0.2, 0.25) is 5.15 Å². The van der Waals surface area contributed by atoms with E-state index in [4.69, 9.17) is 11.6 Å². The first kappa shape index (κ1) is 12.7. The van der Waals surface area contributed by atoms with Gasteiger partial charge in [0, 0.05) is 12.1 Å². The van der Waals surface area contributed by atoms with Crippen LogP contribution in [0.3, 0.4) is 0 Å². The average Bonchev–Trinajstić information content (AvgIpc) is 2.88. The zero-order valence-corrected chi connectivity index (χ0v) is 11.8. The molecule has 0 saturated heterocycles. The quantitative estimate of drug-likeness (QED) is 0.876. The summed E-state index contributed by atoms with van der Waals surface area (Å²) in [6.45, 7) is 2.90. The largest absolute Gasteiger partial charge is 0.370 e. The van der Waals surface area contributed by atoms with Gasteiger partial charge in [0.2, 0.25) is 0 Å². The summed E-state index contributed by atoms with van der Waals surface area (Å²) >= 11 is 6.40. The van der Waals surface area contributed by atoms with Crippen molar-refractivity contribution in [3.63, 3.8) is 0 Å². The zero-order chi connectivity index (χ0) is 13.2. The molecule has 1 fully saturated rings. The number of anilines is 1. The molecule has 0 atom stereocenters. The molecule has 102 valence electrons. The van der Waals surface area contributed by atoms with E-state index in [1.54, 1.807) is 4.52 Å². The van der Waals surface area contributed by atoms with Crippen molar-refractivity contribution in [1.82, 2.24) is 19.6 Å². The maximum absolute atomic E-state index is 6.40. The molecule has 5 nitrogen and oxygen atoms in total. The molecule has 1 aliphatic rings. The molecule has 2 heterocycles. The van der Waals surface area contributed by atoms with Crippen LogP contribution in [0.1, 0.15) is 50.5 Å². The van der Waals surface area contributed by atoms with Crippen LogP contribution in [0.5, 0.6) is 0 Å². The van der Waals surface area contributed by atoms with Gasteiger partial charge in [-0.3, -0.25) is 0 Å². The Hall–Kier alpha value is -1.36. The number of rotatable bonds is 3. The topological polar surface area (TPSA) is 55.1 Å². The van der Waals surface area contributed by atoms with E-state index in [0.717, 1.165) is 17.9 Å². The van der Waals surface area contributed by atoms with Crippen LogP contribution in [0.25, 0.3) is 5.78 Å². The highest BCUT2D eigenvalue weighted by Gasteiger charge is 2.24. The number of hydrogen-bond acceptors (Lipinski definition) is 4. The number of halogens is 1. The first-order valence-corrected chi connectivity index (χ1v) is 7.32. The van der Waals surface area contributed by atoms with Gasteiger partial charge in [-0.25, -0.2) is 0 Å². The Bertz CT molecular complexity index is 574. The van der Waals surface area contributed by atoms with Crippen LogP contribution in [-0.2, 0) is 0 Å². The second-order valence-electron chi connectivity index (χ2n) is 5.00. The predicted octanol–water partition coefficient (Wildman–Crippen LogP) is 3.26. The number of nitrogens with zero attached hydrogens (tertiary/aromatic N) is 4. The Labute approximate surface area is 117 Å². The molecule has 3 rings (SSSR count). The van der Waals surface area contributed by atoms with Crippen LogP contribution >= 0.6 is 11.6 Å². The number of nitrogens with one attached hydrogen (secondary N) is 1. The van der Waals surface area contributed by atoms with Crippen molar-refractivity contribution in [3.05, 3.63) is 17.0 Å². The van der Waals surface area contributed by atoms with E-state index in [9.17, 15) is 0 Å². The molecule has 2 aromatic heterocycles. The van der Waals surface area contributed by atoms with Gasteiger partial charge in [0.25, 0.3) is 5.78 Å². The SMILES string of the molecule is CCNc1c(C2CCCCC2)c(Cl)nc2ncnn12. The molecule has 0 radical (unpaired) electrons. The van der Waals surface area contributed by atoms with Gasteiger partial charge in [-0.05, 0) is 25.7 Å². The third-order valence-electron chi connectivity index (χ3n) is 3.77. The third-order valence-corrected chi connectivity index (χ3v) is 4.06. The highest BCUT2D eigenvalue weighted by atomic mass is 35.5. The van der Waals surface area contributed by atoms with Crippen molar-refractivity contribution in [2.75, 3.05) is 11.9 Å². The van der Waals surface area contributed by atoms with Crippen molar-refractivity contribution < 1.29 is 0 Å². The summed E-state index contributed by atoms with van der Waals surface area (Å²) in [5, 5.41) is 8.21. The molecule has 1 saturated carbocycles. The first-order chi connectivity index (χ1) is 9.31. The van der Waals surface area contributed by atoms with Gasteiger partial charge in [-0.1, -0.05) is 30.9 Å². The first-order valence-electron chi connectivity index (χ1n) is 6.94. The van der Waals surface area contributed by atoms with Crippen molar-refractivity contribution in [3.8, 4) is 0 Å². The van der Waals surface area contributed by atoms with Crippen LogP contribution in [0.4, 0.5) is 5.82 Å².